The molecule has 24 heavy (non-hydrogen) atoms. The molecule has 1 aromatic heterocycles. The van der Waals surface area contributed by atoms with Crippen molar-refractivity contribution in [3.8, 4) is 11.1 Å². The van der Waals surface area contributed by atoms with Gasteiger partial charge in [-0.1, -0.05) is 30.3 Å². The Morgan fingerprint density at radius 1 is 1.25 bits per heavy atom. The van der Waals surface area contributed by atoms with Crippen LogP contribution < -0.4 is 5.56 Å². The number of carbonyl (C=O) groups excluding carboxylic acids is 1. The first-order valence-electron chi connectivity index (χ1n) is 8.67. The van der Waals surface area contributed by atoms with E-state index in [1.165, 1.54) is 0 Å². The topological polar surface area (TPSA) is 48.3 Å². The second-order valence-corrected chi connectivity index (χ2v) is 6.65. The van der Waals surface area contributed by atoms with E-state index < -0.39 is 5.41 Å². The van der Waals surface area contributed by atoms with Crippen LogP contribution in [0.15, 0.2) is 41.2 Å². The first-order chi connectivity index (χ1) is 11.7. The lowest BCUT2D eigenvalue weighted by Crippen LogP contribution is -2.43. The highest BCUT2D eigenvalue weighted by atomic mass is 16.5. The Balaban J connectivity index is 1.97. The molecule has 1 unspecified atom stereocenters. The fourth-order valence-electron chi connectivity index (χ4n) is 4.40. The van der Waals surface area contributed by atoms with Gasteiger partial charge in [0.15, 0.2) is 0 Å². The maximum Gasteiger partial charge on any atom is 0.318 e. The lowest BCUT2D eigenvalue weighted by atomic mass is 9.78. The van der Waals surface area contributed by atoms with Gasteiger partial charge in [-0.3, -0.25) is 9.59 Å². The van der Waals surface area contributed by atoms with Crippen molar-refractivity contribution in [1.29, 1.82) is 0 Å². The minimum atomic E-state index is -0.631. The summed E-state index contributed by atoms with van der Waals surface area (Å²) in [5.41, 5.74) is 3.43. The largest absolute Gasteiger partial charge is 0.465 e. The van der Waals surface area contributed by atoms with Crippen LogP contribution in [0, 0.1) is 0 Å². The summed E-state index contributed by atoms with van der Waals surface area (Å²) in [4.78, 5) is 25.5. The Morgan fingerprint density at radius 3 is 2.79 bits per heavy atom. The van der Waals surface area contributed by atoms with Gasteiger partial charge < -0.3 is 9.30 Å². The van der Waals surface area contributed by atoms with E-state index in [0.717, 1.165) is 48.1 Å². The predicted molar refractivity (Wildman–Crippen MR) is 92.0 cm³/mol. The number of pyridine rings is 1. The predicted octanol–water partition coefficient (Wildman–Crippen LogP) is 3.06. The van der Waals surface area contributed by atoms with Crippen molar-refractivity contribution in [3.05, 3.63) is 58.0 Å². The lowest BCUT2D eigenvalue weighted by molar-refractivity contribution is -0.151. The summed E-state index contributed by atoms with van der Waals surface area (Å²) >= 11 is 0. The van der Waals surface area contributed by atoms with Crippen molar-refractivity contribution in [3.63, 3.8) is 0 Å². The SMILES string of the molecule is CCOC(=O)C12CCCn3c1c(c(-c1ccccc1)cc3=O)CC2. The van der Waals surface area contributed by atoms with Crippen molar-refractivity contribution in [2.75, 3.05) is 6.61 Å². The van der Waals surface area contributed by atoms with Crippen LogP contribution in [0.1, 0.15) is 37.4 Å². The highest BCUT2D eigenvalue weighted by Crippen LogP contribution is 2.48. The molecule has 0 N–H and O–H groups in total. The number of aromatic nitrogens is 1. The third kappa shape index (κ3) is 2.05. The van der Waals surface area contributed by atoms with Crippen LogP contribution in [0.5, 0.6) is 0 Å². The fraction of sp³-hybridized carbons (Fsp3) is 0.400. The molecule has 0 saturated carbocycles. The maximum absolute atomic E-state index is 12.8. The molecule has 4 nitrogen and oxygen atoms in total. The standard InChI is InChI=1S/C20H21NO3/c1-2-24-19(23)20-10-6-12-21-17(22)13-16(14-7-4-3-5-8-14)15(9-11-20)18(20)21/h3-5,7-8,13H,2,6,9-12H2,1H3. The molecule has 4 heteroatoms. The molecule has 1 aliphatic carbocycles. The van der Waals surface area contributed by atoms with E-state index in [2.05, 4.69) is 0 Å². The van der Waals surface area contributed by atoms with Crippen molar-refractivity contribution in [2.24, 2.45) is 0 Å². The van der Waals surface area contributed by atoms with Crippen LogP contribution in [0.25, 0.3) is 11.1 Å². The molecule has 1 aromatic carbocycles. The molecule has 124 valence electrons. The van der Waals surface area contributed by atoms with Crippen LogP contribution in [0.3, 0.4) is 0 Å². The zero-order chi connectivity index (χ0) is 16.7. The van der Waals surface area contributed by atoms with Gasteiger partial charge in [-0.05, 0) is 49.3 Å². The van der Waals surface area contributed by atoms with E-state index >= 15 is 0 Å². The highest BCUT2D eigenvalue weighted by molar-refractivity contribution is 5.86. The van der Waals surface area contributed by atoms with Crippen molar-refractivity contribution in [2.45, 2.75) is 44.6 Å². The Bertz CT molecular complexity index is 853. The van der Waals surface area contributed by atoms with Gasteiger partial charge in [0.2, 0.25) is 0 Å². The smallest absolute Gasteiger partial charge is 0.318 e. The van der Waals surface area contributed by atoms with E-state index in [1.807, 2.05) is 41.8 Å². The van der Waals surface area contributed by atoms with Gasteiger partial charge in [-0.2, -0.15) is 0 Å². The minimum absolute atomic E-state index is 0.0112. The van der Waals surface area contributed by atoms with E-state index in [1.54, 1.807) is 6.07 Å². The summed E-state index contributed by atoms with van der Waals surface area (Å²) in [6.45, 7) is 2.90. The number of ether oxygens (including phenoxy) is 1. The van der Waals surface area contributed by atoms with Crippen LogP contribution >= 0.6 is 0 Å². The molecule has 0 spiro atoms. The summed E-state index contributed by atoms with van der Waals surface area (Å²) in [5.74, 6) is -0.165. The molecule has 2 aromatic rings. The molecule has 2 heterocycles. The van der Waals surface area contributed by atoms with Gasteiger partial charge in [-0.15, -0.1) is 0 Å². The van der Waals surface area contributed by atoms with Gasteiger partial charge in [-0.25, -0.2) is 0 Å². The zero-order valence-electron chi connectivity index (χ0n) is 13.9. The maximum atomic E-state index is 12.8. The summed E-state index contributed by atoms with van der Waals surface area (Å²) in [7, 11) is 0. The van der Waals surface area contributed by atoms with Gasteiger partial charge in [0.05, 0.1) is 6.61 Å². The number of rotatable bonds is 3. The van der Waals surface area contributed by atoms with Crippen molar-refractivity contribution >= 4 is 5.97 Å². The van der Waals surface area contributed by atoms with Gasteiger partial charge in [0.25, 0.3) is 5.56 Å². The first kappa shape index (κ1) is 15.2. The minimum Gasteiger partial charge on any atom is -0.465 e. The van der Waals surface area contributed by atoms with E-state index in [-0.39, 0.29) is 11.5 Å². The normalized spacial score (nSPS) is 21.4. The molecule has 1 aliphatic heterocycles. The Labute approximate surface area is 141 Å². The van der Waals surface area contributed by atoms with Crippen LogP contribution in [0.4, 0.5) is 0 Å². The number of carbonyl (C=O) groups is 1. The average Bonchev–Trinajstić information content (AvgIpc) is 3.01. The molecule has 1 atom stereocenters. The zero-order valence-corrected chi connectivity index (χ0v) is 13.9. The number of benzene rings is 1. The monoisotopic (exact) mass is 323 g/mol. The van der Waals surface area contributed by atoms with Crippen LogP contribution in [0.2, 0.25) is 0 Å². The number of hydrogen-bond acceptors (Lipinski definition) is 3. The highest BCUT2D eigenvalue weighted by Gasteiger charge is 2.50. The summed E-state index contributed by atoms with van der Waals surface area (Å²) in [6.07, 6.45) is 3.18. The second-order valence-electron chi connectivity index (χ2n) is 6.65. The summed E-state index contributed by atoms with van der Waals surface area (Å²) in [5, 5.41) is 0. The lowest BCUT2D eigenvalue weighted by Gasteiger charge is -2.34. The first-order valence-corrected chi connectivity index (χ1v) is 8.67. The van der Waals surface area contributed by atoms with Crippen LogP contribution in [-0.4, -0.2) is 17.1 Å². The van der Waals surface area contributed by atoms with E-state index in [4.69, 9.17) is 4.74 Å². The molecule has 0 saturated heterocycles. The molecule has 0 amide bonds. The molecule has 4 rings (SSSR count). The third-order valence-electron chi connectivity index (χ3n) is 5.41. The van der Waals surface area contributed by atoms with E-state index in [9.17, 15) is 9.59 Å². The average molecular weight is 323 g/mol. The number of nitrogens with zero attached hydrogens (tertiary/aromatic N) is 1. The number of hydrogen-bond donors (Lipinski definition) is 0. The molecule has 0 fully saturated rings. The number of esters is 1. The van der Waals surface area contributed by atoms with Gasteiger partial charge in [0.1, 0.15) is 5.41 Å². The molecular formula is C20H21NO3. The molecule has 0 bridgehead atoms. The Morgan fingerprint density at radius 2 is 2.04 bits per heavy atom. The third-order valence-corrected chi connectivity index (χ3v) is 5.41. The summed E-state index contributed by atoms with van der Waals surface area (Å²) < 4.78 is 7.21. The second kappa shape index (κ2) is 5.62. The van der Waals surface area contributed by atoms with Crippen molar-refractivity contribution < 1.29 is 9.53 Å². The summed E-state index contributed by atoms with van der Waals surface area (Å²) in [6, 6.07) is 11.7. The fourth-order valence-corrected chi connectivity index (χ4v) is 4.40. The van der Waals surface area contributed by atoms with Crippen molar-refractivity contribution in [1.82, 2.24) is 4.57 Å². The quantitative estimate of drug-likeness (QED) is 0.816. The Hall–Kier alpha value is -2.36. The van der Waals surface area contributed by atoms with Gasteiger partial charge >= 0.3 is 5.97 Å². The van der Waals surface area contributed by atoms with Gasteiger partial charge in [0, 0.05) is 18.3 Å². The Kier molecular flexibility index (Phi) is 3.56. The van der Waals surface area contributed by atoms with Crippen LogP contribution in [-0.2, 0) is 27.9 Å². The van der Waals surface area contributed by atoms with E-state index in [0.29, 0.717) is 13.2 Å². The molecular weight excluding hydrogens is 302 g/mol. The molecule has 0 radical (unpaired) electrons. The molecule has 2 aliphatic rings.